The second kappa shape index (κ2) is 6.23. The van der Waals surface area contributed by atoms with Crippen molar-refractivity contribution in [1.82, 2.24) is 10.6 Å². The molecule has 1 aliphatic carbocycles. The Morgan fingerprint density at radius 2 is 2.15 bits per heavy atom. The predicted octanol–water partition coefficient (Wildman–Crippen LogP) is 0.379. The molecule has 0 bridgehead atoms. The van der Waals surface area contributed by atoms with Gasteiger partial charge in [0, 0.05) is 13.0 Å². The number of aliphatic carboxylic acids is 1. The summed E-state index contributed by atoms with van der Waals surface area (Å²) < 4.78 is 4.90. The maximum Gasteiger partial charge on any atom is 0.326 e. The van der Waals surface area contributed by atoms with E-state index in [1.54, 1.807) is 6.07 Å². The van der Waals surface area contributed by atoms with Crippen LogP contribution in [0.3, 0.4) is 0 Å². The van der Waals surface area contributed by atoms with Gasteiger partial charge in [-0.05, 0) is 30.9 Å². The van der Waals surface area contributed by atoms with Crippen LogP contribution in [0, 0.1) is 5.92 Å². The lowest BCUT2D eigenvalue weighted by molar-refractivity contribution is -0.142. The molecule has 1 fully saturated rings. The summed E-state index contributed by atoms with van der Waals surface area (Å²) in [6.07, 6.45) is 3.07. The summed E-state index contributed by atoms with van der Waals surface area (Å²) >= 11 is 0. The highest BCUT2D eigenvalue weighted by Gasteiger charge is 2.37. The molecule has 0 radical (unpaired) electrons. The number of nitrogens with one attached hydrogen (secondary N) is 2. The van der Waals surface area contributed by atoms with E-state index >= 15 is 0 Å². The molecule has 1 saturated carbocycles. The van der Waals surface area contributed by atoms with E-state index in [1.165, 1.54) is 12.3 Å². The summed E-state index contributed by atoms with van der Waals surface area (Å²) in [7, 11) is 0. The Labute approximate surface area is 115 Å². The van der Waals surface area contributed by atoms with Crippen molar-refractivity contribution in [2.75, 3.05) is 6.54 Å². The fourth-order valence-corrected chi connectivity index (χ4v) is 1.84. The number of furan rings is 1. The monoisotopic (exact) mass is 280 g/mol. The van der Waals surface area contributed by atoms with Crippen LogP contribution in [0.15, 0.2) is 22.8 Å². The minimum Gasteiger partial charge on any atom is -0.480 e. The van der Waals surface area contributed by atoms with Crippen LogP contribution in [-0.4, -0.2) is 35.5 Å². The summed E-state index contributed by atoms with van der Waals surface area (Å²) in [6.45, 7) is 0.127. The van der Waals surface area contributed by atoms with Crippen LogP contribution in [0.5, 0.6) is 0 Å². The van der Waals surface area contributed by atoms with E-state index in [0.29, 0.717) is 0 Å². The van der Waals surface area contributed by atoms with Crippen LogP contribution in [0.25, 0.3) is 0 Å². The molecule has 2 rings (SSSR count). The van der Waals surface area contributed by atoms with Crippen molar-refractivity contribution in [3.05, 3.63) is 24.2 Å². The minimum absolute atomic E-state index is 0.0307. The van der Waals surface area contributed by atoms with Gasteiger partial charge in [0.15, 0.2) is 5.76 Å². The zero-order valence-electron chi connectivity index (χ0n) is 10.8. The normalized spacial score (nSPS) is 15.4. The topological polar surface area (TPSA) is 109 Å². The average Bonchev–Trinajstić information content (AvgIpc) is 3.08. The van der Waals surface area contributed by atoms with Gasteiger partial charge in [-0.3, -0.25) is 9.59 Å². The summed E-state index contributed by atoms with van der Waals surface area (Å²) in [5.41, 5.74) is 0. The zero-order chi connectivity index (χ0) is 14.5. The van der Waals surface area contributed by atoms with Gasteiger partial charge in [0.25, 0.3) is 5.91 Å². The quantitative estimate of drug-likeness (QED) is 0.669. The molecular formula is C13H16N2O5. The number of carboxylic acid groups (broad SMARTS) is 1. The molecule has 1 unspecified atom stereocenters. The molecule has 108 valence electrons. The van der Waals surface area contributed by atoms with Crippen molar-refractivity contribution < 1.29 is 23.9 Å². The van der Waals surface area contributed by atoms with Gasteiger partial charge in [-0.25, -0.2) is 4.79 Å². The highest BCUT2D eigenvalue weighted by Crippen LogP contribution is 2.32. The lowest BCUT2D eigenvalue weighted by Crippen LogP contribution is -2.43. The molecule has 0 aromatic carbocycles. The third-order valence-corrected chi connectivity index (χ3v) is 3.06. The first-order valence-electron chi connectivity index (χ1n) is 6.42. The highest BCUT2D eigenvalue weighted by atomic mass is 16.4. The summed E-state index contributed by atoms with van der Waals surface area (Å²) in [6, 6.07) is 2.29. The molecule has 1 aromatic heterocycles. The zero-order valence-corrected chi connectivity index (χ0v) is 10.8. The molecule has 3 N–H and O–H groups in total. The number of carboxylic acids is 1. The smallest absolute Gasteiger partial charge is 0.326 e. The van der Waals surface area contributed by atoms with Gasteiger partial charge in [-0.1, -0.05) is 0 Å². The molecule has 1 atom stereocenters. The Kier molecular flexibility index (Phi) is 4.39. The second-order valence-electron chi connectivity index (χ2n) is 4.70. The Balaban J connectivity index is 1.69. The number of rotatable bonds is 7. The van der Waals surface area contributed by atoms with Gasteiger partial charge in [0.05, 0.1) is 6.26 Å². The van der Waals surface area contributed by atoms with E-state index in [-0.39, 0.29) is 30.6 Å². The van der Waals surface area contributed by atoms with Crippen LogP contribution in [0.1, 0.15) is 29.8 Å². The van der Waals surface area contributed by atoms with E-state index in [9.17, 15) is 14.4 Å². The fraction of sp³-hybridized carbons (Fsp3) is 0.462. The summed E-state index contributed by atoms with van der Waals surface area (Å²) in [4.78, 5) is 34.1. The average molecular weight is 280 g/mol. The van der Waals surface area contributed by atoms with Gasteiger partial charge >= 0.3 is 5.97 Å². The van der Waals surface area contributed by atoms with Gasteiger partial charge in [0.1, 0.15) is 6.04 Å². The maximum absolute atomic E-state index is 11.6. The first kappa shape index (κ1) is 14.1. The van der Waals surface area contributed by atoms with Crippen LogP contribution in [0.2, 0.25) is 0 Å². The molecule has 0 saturated heterocycles. The standard InChI is InChI=1S/C13H16N2O5/c16-10(15-11(13(18)19)8-3-4-8)5-6-14-12(17)9-2-1-7-20-9/h1-2,7-8,11H,3-6H2,(H,14,17)(H,15,16)(H,18,19). The molecule has 1 heterocycles. The summed E-state index contributed by atoms with van der Waals surface area (Å²) in [5.74, 6) is -1.59. The molecule has 7 heteroatoms. The van der Waals surface area contributed by atoms with Gasteiger partial charge in [-0.15, -0.1) is 0 Å². The summed E-state index contributed by atoms with van der Waals surface area (Å²) in [5, 5.41) is 14.0. The molecular weight excluding hydrogens is 264 g/mol. The van der Waals surface area contributed by atoms with Crippen LogP contribution < -0.4 is 10.6 Å². The van der Waals surface area contributed by atoms with Crippen LogP contribution >= 0.6 is 0 Å². The lowest BCUT2D eigenvalue weighted by Gasteiger charge is -2.13. The number of amides is 2. The van der Waals surface area contributed by atoms with Crippen molar-refractivity contribution in [3.63, 3.8) is 0 Å². The molecule has 7 nitrogen and oxygen atoms in total. The Morgan fingerprint density at radius 1 is 1.40 bits per heavy atom. The van der Waals surface area contributed by atoms with E-state index in [0.717, 1.165) is 12.8 Å². The highest BCUT2D eigenvalue weighted by molar-refractivity contribution is 5.91. The third-order valence-electron chi connectivity index (χ3n) is 3.06. The molecule has 2 amide bonds. The van der Waals surface area contributed by atoms with E-state index < -0.39 is 17.9 Å². The third kappa shape index (κ3) is 3.84. The fourth-order valence-electron chi connectivity index (χ4n) is 1.84. The van der Waals surface area contributed by atoms with Crippen molar-refractivity contribution in [1.29, 1.82) is 0 Å². The van der Waals surface area contributed by atoms with E-state index in [4.69, 9.17) is 9.52 Å². The Morgan fingerprint density at radius 3 is 2.70 bits per heavy atom. The van der Waals surface area contributed by atoms with Gasteiger partial charge < -0.3 is 20.2 Å². The Hall–Kier alpha value is -2.31. The van der Waals surface area contributed by atoms with Crippen molar-refractivity contribution in [2.45, 2.75) is 25.3 Å². The van der Waals surface area contributed by atoms with E-state index in [1.807, 2.05) is 0 Å². The number of hydrogen-bond acceptors (Lipinski definition) is 4. The van der Waals surface area contributed by atoms with Crippen molar-refractivity contribution >= 4 is 17.8 Å². The lowest BCUT2D eigenvalue weighted by atomic mass is 10.2. The van der Waals surface area contributed by atoms with Crippen molar-refractivity contribution in [3.8, 4) is 0 Å². The van der Waals surface area contributed by atoms with Crippen LogP contribution in [0.4, 0.5) is 0 Å². The van der Waals surface area contributed by atoms with Crippen molar-refractivity contribution in [2.24, 2.45) is 5.92 Å². The first-order chi connectivity index (χ1) is 9.58. The molecule has 1 aliphatic rings. The molecule has 0 spiro atoms. The van der Waals surface area contributed by atoms with E-state index in [2.05, 4.69) is 10.6 Å². The molecule has 20 heavy (non-hydrogen) atoms. The number of carbonyl (C=O) groups is 3. The molecule has 0 aliphatic heterocycles. The number of hydrogen-bond donors (Lipinski definition) is 3. The van der Waals surface area contributed by atoms with Crippen LogP contribution in [-0.2, 0) is 9.59 Å². The predicted molar refractivity (Wildman–Crippen MR) is 67.9 cm³/mol. The Bertz CT molecular complexity index is 493. The number of carbonyl (C=O) groups excluding carboxylic acids is 2. The van der Waals surface area contributed by atoms with Gasteiger partial charge in [-0.2, -0.15) is 0 Å². The largest absolute Gasteiger partial charge is 0.480 e. The minimum atomic E-state index is -1.01. The first-order valence-corrected chi connectivity index (χ1v) is 6.42. The van der Waals surface area contributed by atoms with Gasteiger partial charge in [0.2, 0.25) is 5.91 Å². The molecule has 1 aromatic rings. The second-order valence-corrected chi connectivity index (χ2v) is 4.70. The SMILES string of the molecule is O=C(CCNC(=O)c1ccco1)NC(C(=O)O)C1CC1. The maximum atomic E-state index is 11.6.